The van der Waals surface area contributed by atoms with E-state index < -0.39 is 12.2 Å². The first-order valence-electron chi connectivity index (χ1n) is 8.00. The Balaban J connectivity index is 1.97. The van der Waals surface area contributed by atoms with Crippen LogP contribution in [0.5, 0.6) is 5.75 Å². The number of rotatable bonds is 3. The fraction of sp³-hybridized carbons (Fsp3) is 0.150. The third-order valence-corrected chi connectivity index (χ3v) is 4.06. The van der Waals surface area contributed by atoms with Gasteiger partial charge in [0.25, 0.3) is 0 Å². The number of hydrogen-bond donors (Lipinski definition) is 1. The molecule has 2 aromatic carbocycles. The van der Waals surface area contributed by atoms with Gasteiger partial charge in [0.2, 0.25) is 0 Å². The quantitative estimate of drug-likeness (QED) is 0.719. The average molecular weight is 374 g/mol. The number of benzene rings is 2. The van der Waals surface area contributed by atoms with Crippen LogP contribution >= 0.6 is 0 Å². The lowest BCUT2D eigenvalue weighted by Gasteiger charge is -2.20. The largest absolute Gasteiger partial charge is 0.573 e. The van der Waals surface area contributed by atoms with Crippen LogP contribution in [-0.4, -0.2) is 6.36 Å². The van der Waals surface area contributed by atoms with E-state index in [4.69, 9.17) is 0 Å². The summed E-state index contributed by atoms with van der Waals surface area (Å²) < 4.78 is 54.8. The highest BCUT2D eigenvalue weighted by molar-refractivity contribution is 5.77. The maximum Gasteiger partial charge on any atom is 0.573 e. The molecular formula is C20H14F4N2O. The number of halogens is 4. The summed E-state index contributed by atoms with van der Waals surface area (Å²) in [5, 5.41) is 12.2. The van der Waals surface area contributed by atoms with Crippen molar-refractivity contribution >= 4 is 5.57 Å². The minimum Gasteiger partial charge on any atom is -0.406 e. The molecule has 0 saturated heterocycles. The molecule has 0 aromatic heterocycles. The van der Waals surface area contributed by atoms with Gasteiger partial charge in [0.05, 0.1) is 0 Å². The van der Waals surface area contributed by atoms with Crippen LogP contribution in [0.4, 0.5) is 17.6 Å². The molecule has 1 N–H and O–H groups in total. The Morgan fingerprint density at radius 3 is 2.30 bits per heavy atom. The summed E-state index contributed by atoms with van der Waals surface area (Å²) in [4.78, 5) is 0. The van der Waals surface area contributed by atoms with Gasteiger partial charge in [0, 0.05) is 5.70 Å². The van der Waals surface area contributed by atoms with Gasteiger partial charge in [-0.15, -0.1) is 13.2 Å². The fourth-order valence-corrected chi connectivity index (χ4v) is 2.88. The Morgan fingerprint density at radius 2 is 1.67 bits per heavy atom. The number of alkyl halides is 3. The highest BCUT2D eigenvalue weighted by Gasteiger charge is 2.31. The molecule has 138 valence electrons. The van der Waals surface area contributed by atoms with E-state index in [2.05, 4.69) is 22.7 Å². The van der Waals surface area contributed by atoms with Crippen molar-refractivity contribution in [2.24, 2.45) is 0 Å². The third kappa shape index (κ3) is 4.47. The maximum atomic E-state index is 14.2. The summed E-state index contributed by atoms with van der Waals surface area (Å²) in [5.41, 5.74) is 3.25. The van der Waals surface area contributed by atoms with Crippen molar-refractivity contribution in [3.63, 3.8) is 0 Å². The summed E-state index contributed by atoms with van der Waals surface area (Å²) in [6, 6.07) is 11.5. The summed E-state index contributed by atoms with van der Waals surface area (Å²) in [6.45, 7) is 3.79. The second-order valence-electron chi connectivity index (χ2n) is 5.99. The van der Waals surface area contributed by atoms with Gasteiger partial charge in [0.1, 0.15) is 23.3 Å². The first-order chi connectivity index (χ1) is 12.7. The number of nitrogens with zero attached hydrogens (tertiary/aromatic N) is 1. The van der Waals surface area contributed by atoms with Crippen LogP contribution in [0.3, 0.4) is 0 Å². The summed E-state index contributed by atoms with van der Waals surface area (Å²) in [6.07, 6.45) is -3.61. The number of nitrogens with one attached hydrogen (secondary N) is 1. The molecule has 0 unspecified atom stereocenters. The van der Waals surface area contributed by atoms with Crippen LogP contribution in [0, 0.1) is 17.1 Å². The minimum absolute atomic E-state index is 0.316. The summed E-state index contributed by atoms with van der Waals surface area (Å²) in [5.74, 6) is -0.861. The molecule has 0 bridgehead atoms. The Morgan fingerprint density at radius 1 is 1.00 bits per heavy atom. The van der Waals surface area contributed by atoms with Gasteiger partial charge in [-0.2, -0.15) is 5.26 Å². The van der Waals surface area contributed by atoms with Crippen LogP contribution in [-0.2, 0) is 0 Å². The highest BCUT2D eigenvalue weighted by Crippen LogP contribution is 2.33. The first kappa shape index (κ1) is 18.5. The lowest BCUT2D eigenvalue weighted by atomic mass is 9.92. The lowest BCUT2D eigenvalue weighted by molar-refractivity contribution is -0.274. The van der Waals surface area contributed by atoms with E-state index in [0.717, 1.165) is 0 Å². The smallest absolute Gasteiger partial charge is 0.406 e. The molecule has 0 aliphatic carbocycles. The zero-order chi connectivity index (χ0) is 19.6. The molecule has 0 spiro atoms. The number of nitriles is 1. The van der Waals surface area contributed by atoms with E-state index in [1.54, 1.807) is 6.07 Å². The van der Waals surface area contributed by atoms with E-state index in [0.29, 0.717) is 46.5 Å². The molecule has 0 fully saturated rings. The Bertz CT molecular complexity index is 953. The predicted octanol–water partition coefficient (Wildman–Crippen LogP) is 5.52. The molecule has 3 nitrogen and oxygen atoms in total. The van der Waals surface area contributed by atoms with E-state index in [-0.39, 0.29) is 5.75 Å². The fourth-order valence-electron chi connectivity index (χ4n) is 2.88. The van der Waals surface area contributed by atoms with Crippen LogP contribution in [0.25, 0.3) is 16.7 Å². The van der Waals surface area contributed by atoms with Gasteiger partial charge < -0.3 is 10.1 Å². The van der Waals surface area contributed by atoms with Gasteiger partial charge in [-0.25, -0.2) is 4.39 Å². The number of hydrogen-bond acceptors (Lipinski definition) is 3. The van der Waals surface area contributed by atoms with Crippen molar-refractivity contribution in [2.45, 2.75) is 19.2 Å². The molecule has 1 aliphatic rings. The zero-order valence-corrected chi connectivity index (χ0v) is 14.0. The second kappa shape index (κ2) is 7.16. The van der Waals surface area contributed by atoms with Crippen LogP contribution in [0.15, 0.2) is 60.4 Å². The molecular weight excluding hydrogens is 360 g/mol. The van der Waals surface area contributed by atoms with Crippen LogP contribution in [0.2, 0.25) is 0 Å². The van der Waals surface area contributed by atoms with Crippen molar-refractivity contribution in [1.82, 2.24) is 5.32 Å². The Kier molecular flexibility index (Phi) is 4.91. The summed E-state index contributed by atoms with van der Waals surface area (Å²) >= 11 is 0. The van der Waals surface area contributed by atoms with Crippen molar-refractivity contribution < 1.29 is 22.3 Å². The topological polar surface area (TPSA) is 45.0 Å². The van der Waals surface area contributed by atoms with E-state index in [9.17, 15) is 22.8 Å². The van der Waals surface area contributed by atoms with Gasteiger partial charge in [-0.05, 0) is 65.4 Å². The molecule has 0 saturated carbocycles. The van der Waals surface area contributed by atoms with E-state index in [1.165, 1.54) is 36.4 Å². The van der Waals surface area contributed by atoms with E-state index in [1.807, 2.05) is 0 Å². The standard InChI is InChI=1S/C20H14F4N2O/c1-12-2-7-18(19(11-25)26-12)15-8-14(9-16(21)10-15)13-3-5-17(6-4-13)27-20(22,23)24/h3-6,8-10,26H,1-2,7H2. The molecule has 2 aromatic rings. The third-order valence-electron chi connectivity index (χ3n) is 4.06. The van der Waals surface area contributed by atoms with E-state index >= 15 is 0 Å². The second-order valence-corrected chi connectivity index (χ2v) is 5.99. The minimum atomic E-state index is -4.77. The molecule has 0 amide bonds. The van der Waals surface area contributed by atoms with Gasteiger partial charge in [-0.3, -0.25) is 0 Å². The average Bonchev–Trinajstić information content (AvgIpc) is 2.60. The highest BCUT2D eigenvalue weighted by atomic mass is 19.4. The van der Waals surface area contributed by atoms with Gasteiger partial charge >= 0.3 is 6.36 Å². The van der Waals surface area contributed by atoms with Gasteiger partial charge in [-0.1, -0.05) is 18.7 Å². The van der Waals surface area contributed by atoms with Gasteiger partial charge in [0.15, 0.2) is 0 Å². The molecule has 1 aliphatic heterocycles. The monoisotopic (exact) mass is 374 g/mol. The zero-order valence-electron chi connectivity index (χ0n) is 14.0. The Hall–Kier alpha value is -3.27. The Labute approximate surface area is 153 Å². The number of ether oxygens (including phenoxy) is 1. The SMILES string of the molecule is C=C1CCC(c2cc(F)cc(-c3ccc(OC(F)(F)F)cc3)c2)=C(C#N)N1. The van der Waals surface area contributed by atoms with Crippen molar-refractivity contribution in [3.05, 3.63) is 71.8 Å². The van der Waals surface area contributed by atoms with Crippen LogP contribution < -0.4 is 10.1 Å². The summed E-state index contributed by atoms with van der Waals surface area (Å²) in [7, 11) is 0. The van der Waals surface area contributed by atoms with Crippen molar-refractivity contribution in [1.29, 1.82) is 5.26 Å². The first-order valence-corrected chi connectivity index (χ1v) is 8.00. The van der Waals surface area contributed by atoms with Crippen molar-refractivity contribution in [2.75, 3.05) is 0 Å². The normalized spacial score (nSPS) is 14.6. The molecule has 0 atom stereocenters. The molecule has 27 heavy (non-hydrogen) atoms. The predicted molar refractivity (Wildman–Crippen MR) is 92.6 cm³/mol. The van der Waals surface area contributed by atoms with Crippen molar-refractivity contribution in [3.8, 4) is 22.9 Å². The van der Waals surface area contributed by atoms with Crippen LogP contribution in [0.1, 0.15) is 18.4 Å². The molecule has 3 rings (SSSR count). The molecule has 0 radical (unpaired) electrons. The number of allylic oxidation sites excluding steroid dienone is 3. The lowest BCUT2D eigenvalue weighted by Crippen LogP contribution is -2.17. The molecule has 1 heterocycles. The molecule has 7 heteroatoms. The maximum absolute atomic E-state index is 14.2.